The van der Waals surface area contributed by atoms with E-state index < -0.39 is 0 Å². The Balaban J connectivity index is 1.38. The number of rotatable bonds is 2. The van der Waals surface area contributed by atoms with E-state index in [-0.39, 0.29) is 37.1 Å². The van der Waals surface area contributed by atoms with Crippen LogP contribution in [0.5, 0.6) is 0 Å². The molecule has 1 aromatic carbocycles. The Kier molecular flexibility index (Phi) is 5.26. The summed E-state index contributed by atoms with van der Waals surface area (Å²) in [5, 5.41) is 0. The van der Waals surface area contributed by atoms with E-state index in [1.807, 2.05) is 0 Å². The van der Waals surface area contributed by atoms with Crippen molar-refractivity contribution in [3.05, 3.63) is 75.7 Å². The molecule has 0 amide bonds. The van der Waals surface area contributed by atoms with Crippen molar-refractivity contribution in [2.24, 2.45) is 0 Å². The van der Waals surface area contributed by atoms with Gasteiger partial charge in [-0.15, -0.1) is 0 Å². The molecule has 0 bridgehead atoms. The van der Waals surface area contributed by atoms with Crippen LogP contribution in [0.25, 0.3) is 5.57 Å². The van der Waals surface area contributed by atoms with Gasteiger partial charge in [0.25, 0.3) is 0 Å². The molecule has 2 unspecified atom stereocenters. The highest BCUT2D eigenvalue weighted by molar-refractivity contribution is 6.55. The molecule has 35 heavy (non-hydrogen) atoms. The van der Waals surface area contributed by atoms with Gasteiger partial charge in [0.1, 0.15) is 0 Å². The van der Waals surface area contributed by atoms with Crippen LogP contribution in [0.1, 0.15) is 84.8 Å². The zero-order valence-corrected chi connectivity index (χ0v) is 22.1. The van der Waals surface area contributed by atoms with Crippen molar-refractivity contribution in [1.82, 2.24) is 0 Å². The van der Waals surface area contributed by atoms with Crippen LogP contribution in [0, 0.1) is 0 Å². The minimum absolute atomic E-state index is 0.0728. The summed E-state index contributed by atoms with van der Waals surface area (Å²) in [6.45, 7) is 14.8. The molecule has 0 N–H and O–H groups in total. The van der Waals surface area contributed by atoms with Crippen molar-refractivity contribution < 1.29 is 18.6 Å². The molecule has 2 aliphatic heterocycles. The molecule has 5 aliphatic rings. The summed E-state index contributed by atoms with van der Waals surface area (Å²) in [7, 11) is -0.547. The first kappa shape index (κ1) is 23.5. The molecule has 0 saturated carbocycles. The summed E-state index contributed by atoms with van der Waals surface area (Å²) >= 11 is 0. The van der Waals surface area contributed by atoms with E-state index >= 15 is 0 Å². The Labute approximate surface area is 210 Å². The van der Waals surface area contributed by atoms with Crippen molar-refractivity contribution >= 4 is 19.8 Å². The van der Waals surface area contributed by atoms with E-state index in [0.29, 0.717) is 5.92 Å². The molecule has 0 spiro atoms. The fourth-order valence-corrected chi connectivity index (χ4v) is 5.92. The van der Waals surface area contributed by atoms with Crippen LogP contribution in [-0.2, 0) is 18.6 Å². The minimum atomic E-state index is -0.327. The second-order valence-corrected chi connectivity index (χ2v) is 12.2. The van der Waals surface area contributed by atoms with Crippen LogP contribution in [-0.4, -0.2) is 37.1 Å². The van der Waals surface area contributed by atoms with E-state index in [9.17, 15) is 0 Å². The third-order valence-corrected chi connectivity index (χ3v) is 9.16. The molecule has 3 aliphatic carbocycles. The third-order valence-electron chi connectivity index (χ3n) is 9.16. The van der Waals surface area contributed by atoms with Gasteiger partial charge >= 0.3 is 14.2 Å². The van der Waals surface area contributed by atoms with E-state index in [1.54, 1.807) is 0 Å². The standard InChI is InChI=1S/C29H36B2O4/c1-18-27(2,3)33-30(32-18)19-12-14-23-24-15-13-20(31-34-28(4,5)29(6,7)35-31)17-26(24)22-11-9-8-10-21(22)25(23)16-19/h8-12,14,17-18,25H,13,15-16H2,1-7H3. The molecule has 0 aromatic heterocycles. The molecule has 0 radical (unpaired) electrons. The Morgan fingerprint density at radius 1 is 0.829 bits per heavy atom. The van der Waals surface area contributed by atoms with Crippen molar-refractivity contribution in [3.8, 4) is 0 Å². The van der Waals surface area contributed by atoms with Gasteiger partial charge < -0.3 is 18.6 Å². The SMILES string of the molecule is CC1OB(C2=CC=C3C4=C(C=C(B5OC(C)(C)C(C)(C)O5)CC4)c4ccccc4C3C2)OC1(C)C. The number of allylic oxidation sites excluding steroid dienone is 8. The Bertz CT molecular complexity index is 1190. The maximum absolute atomic E-state index is 6.41. The number of fused-ring (bicyclic) bond motifs is 5. The van der Waals surface area contributed by atoms with Gasteiger partial charge in [0.2, 0.25) is 0 Å². The van der Waals surface area contributed by atoms with Crippen molar-refractivity contribution in [1.29, 1.82) is 0 Å². The average Bonchev–Trinajstić information content (AvgIpc) is 3.22. The summed E-state index contributed by atoms with van der Waals surface area (Å²) < 4.78 is 25.4. The van der Waals surface area contributed by atoms with E-state index in [1.165, 1.54) is 38.8 Å². The van der Waals surface area contributed by atoms with Gasteiger partial charge in [-0.1, -0.05) is 42.5 Å². The molecule has 2 saturated heterocycles. The highest BCUT2D eigenvalue weighted by atomic mass is 16.7. The zero-order chi connectivity index (χ0) is 24.8. The lowest BCUT2D eigenvalue weighted by Gasteiger charge is -2.37. The highest BCUT2D eigenvalue weighted by Gasteiger charge is 2.53. The van der Waals surface area contributed by atoms with Crippen LogP contribution in [0.15, 0.2) is 64.6 Å². The smallest absolute Gasteiger partial charge is 0.402 e. The van der Waals surface area contributed by atoms with Gasteiger partial charge in [0, 0.05) is 5.92 Å². The average molecular weight is 470 g/mol. The topological polar surface area (TPSA) is 36.9 Å². The Hall–Kier alpha value is -1.85. The summed E-state index contributed by atoms with van der Waals surface area (Å²) in [6.07, 6.45) is 9.89. The van der Waals surface area contributed by atoms with Crippen LogP contribution < -0.4 is 0 Å². The predicted octanol–water partition coefficient (Wildman–Crippen LogP) is 6.39. The summed E-state index contributed by atoms with van der Waals surface area (Å²) in [4.78, 5) is 0. The number of hydrogen-bond donors (Lipinski definition) is 0. The maximum atomic E-state index is 6.41. The molecular formula is C29H36B2O4. The third kappa shape index (κ3) is 3.68. The van der Waals surface area contributed by atoms with E-state index in [2.05, 4.69) is 91.0 Å². The van der Waals surface area contributed by atoms with Crippen molar-refractivity contribution in [3.63, 3.8) is 0 Å². The molecule has 4 nitrogen and oxygen atoms in total. The lowest BCUT2D eigenvalue weighted by molar-refractivity contribution is 0.00578. The molecule has 6 rings (SSSR count). The van der Waals surface area contributed by atoms with Crippen molar-refractivity contribution in [2.45, 2.75) is 96.6 Å². The van der Waals surface area contributed by atoms with Crippen LogP contribution in [0.4, 0.5) is 0 Å². The molecule has 182 valence electrons. The number of hydrogen-bond acceptors (Lipinski definition) is 4. The fraction of sp³-hybridized carbons (Fsp3) is 0.517. The van der Waals surface area contributed by atoms with Crippen LogP contribution in [0.3, 0.4) is 0 Å². The van der Waals surface area contributed by atoms with Gasteiger partial charge in [-0.05, 0) is 107 Å². The van der Waals surface area contributed by atoms with E-state index in [0.717, 1.165) is 19.3 Å². The van der Waals surface area contributed by atoms with Crippen LogP contribution in [0.2, 0.25) is 0 Å². The van der Waals surface area contributed by atoms with Crippen molar-refractivity contribution in [2.75, 3.05) is 0 Å². The van der Waals surface area contributed by atoms with E-state index in [4.69, 9.17) is 18.6 Å². The first-order valence-electron chi connectivity index (χ1n) is 13.1. The minimum Gasteiger partial charge on any atom is -0.402 e. The lowest BCUT2D eigenvalue weighted by atomic mass is 9.61. The molecular weight excluding hydrogens is 434 g/mol. The van der Waals surface area contributed by atoms with Gasteiger partial charge in [0.05, 0.1) is 22.9 Å². The van der Waals surface area contributed by atoms with Gasteiger partial charge in [-0.25, -0.2) is 0 Å². The monoisotopic (exact) mass is 470 g/mol. The lowest BCUT2D eigenvalue weighted by Crippen LogP contribution is -2.41. The summed E-state index contributed by atoms with van der Waals surface area (Å²) in [6, 6.07) is 8.88. The van der Waals surface area contributed by atoms with Gasteiger partial charge in [-0.3, -0.25) is 0 Å². The normalized spacial score (nSPS) is 30.3. The second kappa shape index (κ2) is 7.82. The molecule has 6 heteroatoms. The van der Waals surface area contributed by atoms with Gasteiger partial charge in [-0.2, -0.15) is 0 Å². The first-order chi connectivity index (χ1) is 16.5. The molecule has 1 aromatic rings. The summed E-state index contributed by atoms with van der Waals surface area (Å²) in [5.41, 5.74) is 8.52. The highest BCUT2D eigenvalue weighted by Crippen LogP contribution is 2.52. The molecule has 2 atom stereocenters. The quantitative estimate of drug-likeness (QED) is 0.470. The second-order valence-electron chi connectivity index (χ2n) is 12.2. The first-order valence-corrected chi connectivity index (χ1v) is 13.1. The van der Waals surface area contributed by atoms with Gasteiger partial charge in [0.15, 0.2) is 0 Å². The fourth-order valence-electron chi connectivity index (χ4n) is 5.92. The molecule has 2 heterocycles. The largest absolute Gasteiger partial charge is 0.490 e. The maximum Gasteiger partial charge on any atom is 0.490 e. The number of benzene rings is 1. The predicted molar refractivity (Wildman–Crippen MR) is 142 cm³/mol. The Morgan fingerprint density at radius 2 is 1.54 bits per heavy atom. The van der Waals surface area contributed by atoms with Crippen LogP contribution >= 0.6 is 0 Å². The Morgan fingerprint density at radius 3 is 2.23 bits per heavy atom. The zero-order valence-electron chi connectivity index (χ0n) is 22.1. The molecule has 2 fully saturated rings. The summed E-state index contributed by atoms with van der Waals surface area (Å²) in [5.74, 6) is 0.336.